The van der Waals surface area contributed by atoms with Gasteiger partial charge < -0.3 is 30.3 Å². The number of aromatic nitrogens is 6. The first-order chi connectivity index (χ1) is 21.2. The van der Waals surface area contributed by atoms with E-state index < -0.39 is 66.7 Å². The fourth-order valence-electron chi connectivity index (χ4n) is 5.85. The van der Waals surface area contributed by atoms with E-state index in [2.05, 4.69) is 25.9 Å². The van der Waals surface area contributed by atoms with Crippen LogP contribution in [0.3, 0.4) is 0 Å². The van der Waals surface area contributed by atoms with Gasteiger partial charge in [0.1, 0.15) is 41.3 Å². The molecule has 7 atom stereocenters. The fourth-order valence-corrected chi connectivity index (χ4v) is 5.85. The maximum atomic E-state index is 13.8. The zero-order valence-electron chi connectivity index (χ0n) is 23.7. The number of aliphatic hydroxyl groups is 3. The van der Waals surface area contributed by atoms with E-state index >= 15 is 0 Å². The van der Waals surface area contributed by atoms with Crippen LogP contribution in [0.1, 0.15) is 18.5 Å². The molecule has 4 N–H and O–H groups in total. The van der Waals surface area contributed by atoms with E-state index in [1.807, 2.05) is 0 Å². The average Bonchev–Trinajstić information content (AvgIpc) is 3.72. The van der Waals surface area contributed by atoms with E-state index in [1.54, 1.807) is 43.7 Å². The molecule has 44 heavy (non-hydrogen) atoms. The molecule has 0 bridgehead atoms. The molecule has 2 aromatic heterocycles. The van der Waals surface area contributed by atoms with Crippen molar-refractivity contribution >= 4 is 5.91 Å². The van der Waals surface area contributed by atoms with E-state index in [0.717, 1.165) is 0 Å². The molecule has 0 saturated carbocycles. The molecule has 2 aliphatic heterocycles. The molecule has 0 unspecified atom stereocenters. The molecule has 13 nitrogen and oxygen atoms in total. The standard InChI is InChI=1S/C29H32F2N8O5/c1-37(23-11-32-12-24(27(23)41)39-14-21(34-36-39)17-5-3-7-19(31)9-17)29(43)25-10-22(28(42)26(15-40)44-25)38-13-20(33-35-38)16-4-2-6-18(30)8-16/h2-9,13-14,22-28,32,40-42H,10-12,15H2,1H3/t22-,23-,24+,25-,26-,27+,28-/m1/s1. The molecule has 0 radical (unpaired) electrons. The summed E-state index contributed by atoms with van der Waals surface area (Å²) in [6.45, 7) is 0.0895. The van der Waals surface area contributed by atoms with Gasteiger partial charge in [0.2, 0.25) is 0 Å². The van der Waals surface area contributed by atoms with Crippen molar-refractivity contribution in [2.45, 2.75) is 49.0 Å². The first-order valence-electron chi connectivity index (χ1n) is 14.2. The van der Waals surface area contributed by atoms with Crippen molar-refractivity contribution in [1.82, 2.24) is 40.2 Å². The number of piperidine rings is 1. The molecule has 15 heteroatoms. The molecule has 2 saturated heterocycles. The SMILES string of the molecule is CN(C(=O)[C@H]1C[C@@H](n2cc(-c3cccc(F)c3)nn2)[C@@H](O)[C@@H](CO)O1)[C@@H]1CNC[C@H](n2cc(-c3cccc(F)c3)nn2)[C@H]1O. The lowest BCUT2D eigenvalue weighted by Crippen LogP contribution is -2.61. The second-order valence-corrected chi connectivity index (χ2v) is 11.1. The smallest absolute Gasteiger partial charge is 0.251 e. The van der Waals surface area contributed by atoms with Gasteiger partial charge >= 0.3 is 0 Å². The van der Waals surface area contributed by atoms with Crippen LogP contribution in [0, 0.1) is 11.6 Å². The molecule has 2 aliphatic rings. The molecule has 1 amide bonds. The van der Waals surface area contributed by atoms with Crippen molar-refractivity contribution < 1.29 is 33.6 Å². The monoisotopic (exact) mass is 610 g/mol. The topological polar surface area (TPSA) is 164 Å². The summed E-state index contributed by atoms with van der Waals surface area (Å²) in [4.78, 5) is 15.1. The molecule has 4 aromatic rings. The van der Waals surface area contributed by atoms with E-state index in [-0.39, 0.29) is 13.0 Å². The second-order valence-electron chi connectivity index (χ2n) is 11.1. The van der Waals surface area contributed by atoms with Gasteiger partial charge in [-0.25, -0.2) is 18.1 Å². The van der Waals surface area contributed by atoms with Gasteiger partial charge in [-0.1, -0.05) is 34.7 Å². The van der Waals surface area contributed by atoms with Gasteiger partial charge in [0.25, 0.3) is 5.91 Å². The third-order valence-corrected chi connectivity index (χ3v) is 8.31. The van der Waals surface area contributed by atoms with Crippen LogP contribution in [0.5, 0.6) is 0 Å². The van der Waals surface area contributed by atoms with Gasteiger partial charge in [0.05, 0.1) is 43.2 Å². The maximum Gasteiger partial charge on any atom is 0.251 e. The lowest BCUT2D eigenvalue weighted by atomic mass is 9.93. The van der Waals surface area contributed by atoms with Crippen molar-refractivity contribution in [3.8, 4) is 22.5 Å². The predicted octanol–water partition coefficient (Wildman–Crippen LogP) is 0.566. The van der Waals surface area contributed by atoms with E-state index in [0.29, 0.717) is 29.1 Å². The first kappa shape index (κ1) is 29.9. The minimum absolute atomic E-state index is 0.00648. The number of benzene rings is 2. The van der Waals surface area contributed by atoms with Gasteiger partial charge in [-0.15, -0.1) is 10.2 Å². The molecule has 0 spiro atoms. The van der Waals surface area contributed by atoms with Crippen molar-refractivity contribution in [3.63, 3.8) is 0 Å². The minimum atomic E-state index is -1.21. The van der Waals surface area contributed by atoms with Gasteiger partial charge in [-0.05, 0) is 24.3 Å². The number of nitrogens with one attached hydrogen (secondary N) is 1. The van der Waals surface area contributed by atoms with Crippen LogP contribution in [0.4, 0.5) is 8.78 Å². The third-order valence-electron chi connectivity index (χ3n) is 8.31. The Hall–Kier alpha value is -4.15. The highest BCUT2D eigenvalue weighted by atomic mass is 19.1. The predicted molar refractivity (Wildman–Crippen MR) is 151 cm³/mol. The van der Waals surface area contributed by atoms with Crippen molar-refractivity contribution in [2.24, 2.45) is 0 Å². The normalized spacial score (nSPS) is 27.3. The number of nitrogens with zero attached hydrogens (tertiary/aromatic N) is 7. The molecule has 6 rings (SSSR count). The zero-order valence-corrected chi connectivity index (χ0v) is 23.7. The summed E-state index contributed by atoms with van der Waals surface area (Å²) in [6.07, 6.45) is -1.25. The Morgan fingerprint density at radius 2 is 1.55 bits per heavy atom. The molecule has 4 heterocycles. The molecular weight excluding hydrogens is 578 g/mol. The molecule has 2 aromatic carbocycles. The number of rotatable bonds is 7. The van der Waals surface area contributed by atoms with Crippen LogP contribution in [0.15, 0.2) is 60.9 Å². The summed E-state index contributed by atoms with van der Waals surface area (Å²) in [5, 5.41) is 52.0. The number of hydrogen-bond donors (Lipinski definition) is 4. The molecule has 0 aliphatic carbocycles. The maximum absolute atomic E-state index is 13.8. The molecule has 232 valence electrons. The Morgan fingerprint density at radius 1 is 0.955 bits per heavy atom. The number of likely N-dealkylation sites (N-methyl/N-ethyl adjacent to an activating group) is 1. The molecular formula is C29H32F2N8O5. The number of hydrogen-bond acceptors (Lipinski definition) is 10. The Bertz CT molecular complexity index is 1620. The number of aliphatic hydroxyl groups excluding tert-OH is 3. The zero-order chi connectivity index (χ0) is 31.0. The summed E-state index contributed by atoms with van der Waals surface area (Å²) < 4.78 is 36.2. The van der Waals surface area contributed by atoms with Crippen LogP contribution in [-0.4, -0.2) is 113 Å². The Balaban J connectivity index is 1.18. The summed E-state index contributed by atoms with van der Waals surface area (Å²) in [5.74, 6) is -1.30. The Labute approximate surface area is 250 Å². The number of ether oxygens (including phenoxy) is 1. The fraction of sp³-hybridized carbons (Fsp3) is 0.414. The highest BCUT2D eigenvalue weighted by Gasteiger charge is 2.45. The van der Waals surface area contributed by atoms with Crippen LogP contribution in [0.2, 0.25) is 0 Å². The Kier molecular flexibility index (Phi) is 8.46. The number of carbonyl (C=O) groups is 1. The quantitative estimate of drug-likeness (QED) is 0.233. The van der Waals surface area contributed by atoms with Gasteiger partial charge in [-0.2, -0.15) is 0 Å². The lowest BCUT2D eigenvalue weighted by molar-refractivity contribution is -0.181. The number of halogens is 2. The van der Waals surface area contributed by atoms with E-state index in [4.69, 9.17) is 4.74 Å². The van der Waals surface area contributed by atoms with E-state index in [1.165, 1.54) is 38.5 Å². The minimum Gasteiger partial charge on any atom is -0.394 e. The van der Waals surface area contributed by atoms with Crippen LogP contribution >= 0.6 is 0 Å². The van der Waals surface area contributed by atoms with Crippen LogP contribution in [0.25, 0.3) is 22.5 Å². The summed E-state index contributed by atoms with van der Waals surface area (Å²) in [6, 6.07) is 9.75. The largest absolute Gasteiger partial charge is 0.394 e. The summed E-state index contributed by atoms with van der Waals surface area (Å²) in [5.41, 5.74) is 1.85. The second kappa shape index (κ2) is 12.5. The van der Waals surface area contributed by atoms with Gasteiger partial charge in [0.15, 0.2) is 0 Å². The van der Waals surface area contributed by atoms with Gasteiger partial charge in [-0.3, -0.25) is 4.79 Å². The number of amides is 1. The average molecular weight is 611 g/mol. The van der Waals surface area contributed by atoms with Crippen molar-refractivity contribution in [2.75, 3.05) is 26.7 Å². The summed E-state index contributed by atoms with van der Waals surface area (Å²) >= 11 is 0. The highest BCUT2D eigenvalue weighted by molar-refractivity contribution is 5.81. The molecule has 2 fully saturated rings. The van der Waals surface area contributed by atoms with Crippen molar-refractivity contribution in [3.05, 3.63) is 72.6 Å². The van der Waals surface area contributed by atoms with Crippen LogP contribution < -0.4 is 5.32 Å². The first-order valence-corrected chi connectivity index (χ1v) is 14.2. The highest BCUT2D eigenvalue weighted by Crippen LogP contribution is 2.32. The third kappa shape index (κ3) is 5.84. The van der Waals surface area contributed by atoms with E-state index in [9.17, 15) is 28.9 Å². The van der Waals surface area contributed by atoms with Crippen molar-refractivity contribution in [1.29, 1.82) is 0 Å². The number of carbonyl (C=O) groups excluding carboxylic acids is 1. The summed E-state index contributed by atoms with van der Waals surface area (Å²) in [7, 11) is 1.55. The van der Waals surface area contributed by atoms with Gasteiger partial charge in [0, 0.05) is 37.7 Å². The Morgan fingerprint density at radius 3 is 2.11 bits per heavy atom. The lowest BCUT2D eigenvalue weighted by Gasteiger charge is -2.43. The van der Waals surface area contributed by atoms with Crippen LogP contribution in [-0.2, 0) is 9.53 Å².